The first kappa shape index (κ1) is 22.5. The van der Waals surface area contributed by atoms with E-state index in [0.717, 1.165) is 23.5 Å². The van der Waals surface area contributed by atoms with E-state index in [1.54, 1.807) is 6.07 Å². The average molecular weight is 435 g/mol. The molecule has 168 valence electrons. The van der Waals surface area contributed by atoms with Gasteiger partial charge < -0.3 is 4.74 Å². The maximum Gasteiger partial charge on any atom is 0.201 e. The standard InChI is InChI=1S/C29H32F2O/c1-3-5-20-6-7-25(19-20)23-10-8-21(9-11-23)22-12-14-24(15-13-22)26-16-17-27(32-18-4-2)29(31)28(26)30/h8-17,20,25H,3-7,18-19H2,1-2H3. The van der Waals surface area contributed by atoms with E-state index in [9.17, 15) is 8.78 Å². The molecule has 2 atom stereocenters. The number of benzene rings is 3. The first-order valence-corrected chi connectivity index (χ1v) is 11.9. The van der Waals surface area contributed by atoms with Crippen molar-refractivity contribution in [1.82, 2.24) is 0 Å². The Morgan fingerprint density at radius 3 is 2.06 bits per heavy atom. The zero-order valence-corrected chi connectivity index (χ0v) is 19.0. The predicted octanol–water partition coefficient (Wildman–Crippen LogP) is 8.77. The Morgan fingerprint density at radius 1 is 0.750 bits per heavy atom. The van der Waals surface area contributed by atoms with Crippen LogP contribution in [0.2, 0.25) is 0 Å². The van der Waals surface area contributed by atoms with Gasteiger partial charge in [0.05, 0.1) is 6.61 Å². The SMILES string of the molecule is CCCOc1ccc(-c2ccc(-c3ccc(C4CCC(CCC)C4)cc3)cc2)c(F)c1F. The molecule has 1 saturated carbocycles. The minimum absolute atomic E-state index is 0.0342. The largest absolute Gasteiger partial charge is 0.490 e. The molecule has 0 radical (unpaired) electrons. The zero-order valence-electron chi connectivity index (χ0n) is 19.0. The molecular weight excluding hydrogens is 402 g/mol. The van der Waals surface area contributed by atoms with Crippen molar-refractivity contribution in [2.45, 2.75) is 58.3 Å². The van der Waals surface area contributed by atoms with E-state index >= 15 is 0 Å². The molecule has 0 saturated heterocycles. The molecule has 0 heterocycles. The first-order valence-electron chi connectivity index (χ1n) is 11.9. The van der Waals surface area contributed by atoms with Crippen molar-refractivity contribution in [2.24, 2.45) is 5.92 Å². The first-order chi connectivity index (χ1) is 15.6. The Labute approximate surface area is 190 Å². The van der Waals surface area contributed by atoms with E-state index in [1.165, 1.54) is 43.7 Å². The number of halogens is 2. The van der Waals surface area contributed by atoms with E-state index in [-0.39, 0.29) is 11.3 Å². The third kappa shape index (κ3) is 4.87. The van der Waals surface area contributed by atoms with Crippen molar-refractivity contribution in [3.8, 4) is 28.0 Å². The lowest BCUT2D eigenvalue weighted by molar-refractivity contribution is 0.295. The molecule has 0 amide bonds. The lowest BCUT2D eigenvalue weighted by Crippen LogP contribution is -2.00. The van der Waals surface area contributed by atoms with Crippen LogP contribution >= 0.6 is 0 Å². The van der Waals surface area contributed by atoms with Gasteiger partial charge in [-0.15, -0.1) is 0 Å². The maximum atomic E-state index is 14.6. The summed E-state index contributed by atoms with van der Waals surface area (Å²) in [6, 6.07) is 19.6. The lowest BCUT2D eigenvalue weighted by Gasteiger charge is -2.13. The summed E-state index contributed by atoms with van der Waals surface area (Å²) in [7, 11) is 0. The Morgan fingerprint density at radius 2 is 1.41 bits per heavy atom. The topological polar surface area (TPSA) is 9.23 Å². The van der Waals surface area contributed by atoms with Crippen molar-refractivity contribution in [3.05, 3.63) is 77.9 Å². The highest BCUT2D eigenvalue weighted by Crippen LogP contribution is 2.40. The van der Waals surface area contributed by atoms with Crippen LogP contribution in [0.3, 0.4) is 0 Å². The van der Waals surface area contributed by atoms with Gasteiger partial charge in [0.15, 0.2) is 11.6 Å². The van der Waals surface area contributed by atoms with E-state index in [0.29, 0.717) is 18.1 Å². The molecule has 32 heavy (non-hydrogen) atoms. The molecule has 1 nitrogen and oxygen atoms in total. The van der Waals surface area contributed by atoms with Gasteiger partial charge in [-0.3, -0.25) is 0 Å². The highest BCUT2D eigenvalue weighted by Gasteiger charge is 2.25. The number of rotatable bonds is 8. The van der Waals surface area contributed by atoms with Gasteiger partial charge in [-0.05, 0) is 71.9 Å². The van der Waals surface area contributed by atoms with Gasteiger partial charge in [0.25, 0.3) is 0 Å². The molecule has 0 aliphatic heterocycles. The predicted molar refractivity (Wildman–Crippen MR) is 128 cm³/mol. The van der Waals surface area contributed by atoms with Crippen LogP contribution in [0.25, 0.3) is 22.3 Å². The van der Waals surface area contributed by atoms with Gasteiger partial charge in [0.2, 0.25) is 5.82 Å². The van der Waals surface area contributed by atoms with Gasteiger partial charge in [-0.2, -0.15) is 4.39 Å². The summed E-state index contributed by atoms with van der Waals surface area (Å²) in [5, 5.41) is 0. The van der Waals surface area contributed by atoms with Gasteiger partial charge in [-0.25, -0.2) is 4.39 Å². The summed E-state index contributed by atoms with van der Waals surface area (Å²) < 4.78 is 34.2. The molecule has 1 fully saturated rings. The van der Waals surface area contributed by atoms with Gasteiger partial charge in [0.1, 0.15) is 0 Å². The zero-order chi connectivity index (χ0) is 22.5. The Kier molecular flexibility index (Phi) is 7.24. The van der Waals surface area contributed by atoms with Crippen LogP contribution in [0, 0.1) is 17.6 Å². The van der Waals surface area contributed by atoms with Crippen LogP contribution in [0.15, 0.2) is 60.7 Å². The van der Waals surface area contributed by atoms with E-state index in [4.69, 9.17) is 4.74 Å². The second kappa shape index (κ2) is 10.3. The van der Waals surface area contributed by atoms with Crippen molar-refractivity contribution < 1.29 is 13.5 Å². The average Bonchev–Trinajstić information content (AvgIpc) is 3.29. The molecule has 3 heteroatoms. The van der Waals surface area contributed by atoms with E-state index in [2.05, 4.69) is 31.2 Å². The van der Waals surface area contributed by atoms with Gasteiger partial charge in [-0.1, -0.05) is 75.2 Å². The second-order valence-electron chi connectivity index (χ2n) is 8.95. The van der Waals surface area contributed by atoms with Crippen LogP contribution in [0.1, 0.15) is 63.9 Å². The van der Waals surface area contributed by atoms with Gasteiger partial charge >= 0.3 is 0 Å². The molecule has 0 aromatic heterocycles. The van der Waals surface area contributed by atoms with E-state index in [1.807, 2.05) is 31.2 Å². The molecule has 0 bridgehead atoms. The quantitative estimate of drug-likeness (QED) is 0.344. The van der Waals surface area contributed by atoms with Crippen molar-refractivity contribution >= 4 is 0 Å². The highest BCUT2D eigenvalue weighted by atomic mass is 19.2. The number of ether oxygens (including phenoxy) is 1. The molecule has 2 unspecified atom stereocenters. The number of hydrogen-bond acceptors (Lipinski definition) is 1. The van der Waals surface area contributed by atoms with Crippen molar-refractivity contribution in [1.29, 1.82) is 0 Å². The fourth-order valence-corrected chi connectivity index (χ4v) is 4.92. The minimum Gasteiger partial charge on any atom is -0.490 e. The van der Waals surface area contributed by atoms with E-state index < -0.39 is 11.6 Å². The number of hydrogen-bond donors (Lipinski definition) is 0. The van der Waals surface area contributed by atoms with Crippen LogP contribution in [0.4, 0.5) is 8.78 Å². The molecule has 1 aliphatic carbocycles. The summed E-state index contributed by atoms with van der Waals surface area (Å²) >= 11 is 0. The summed E-state index contributed by atoms with van der Waals surface area (Å²) in [6.07, 6.45) is 7.32. The summed E-state index contributed by atoms with van der Waals surface area (Å²) in [4.78, 5) is 0. The Bertz CT molecular complexity index is 1020. The normalized spacial score (nSPS) is 18.1. The fraction of sp³-hybridized carbons (Fsp3) is 0.379. The van der Waals surface area contributed by atoms with Crippen molar-refractivity contribution in [3.63, 3.8) is 0 Å². The molecule has 4 rings (SSSR count). The van der Waals surface area contributed by atoms with Crippen LogP contribution in [0.5, 0.6) is 5.75 Å². The summed E-state index contributed by atoms with van der Waals surface area (Å²) in [6.45, 7) is 4.56. The molecule has 3 aromatic rings. The smallest absolute Gasteiger partial charge is 0.201 e. The minimum atomic E-state index is -0.927. The van der Waals surface area contributed by atoms with Crippen LogP contribution in [-0.4, -0.2) is 6.61 Å². The Balaban J connectivity index is 1.48. The second-order valence-corrected chi connectivity index (χ2v) is 8.95. The Hall–Kier alpha value is -2.68. The molecular formula is C29H32F2O. The monoisotopic (exact) mass is 434 g/mol. The van der Waals surface area contributed by atoms with Crippen LogP contribution in [-0.2, 0) is 0 Å². The van der Waals surface area contributed by atoms with Gasteiger partial charge in [0, 0.05) is 5.56 Å². The highest BCUT2D eigenvalue weighted by molar-refractivity contribution is 5.71. The molecule has 3 aromatic carbocycles. The van der Waals surface area contributed by atoms with Crippen molar-refractivity contribution in [2.75, 3.05) is 6.61 Å². The third-order valence-corrected chi connectivity index (χ3v) is 6.66. The summed E-state index contributed by atoms with van der Waals surface area (Å²) in [5.74, 6) is -0.259. The summed E-state index contributed by atoms with van der Waals surface area (Å²) in [5.41, 5.74) is 4.54. The third-order valence-electron chi connectivity index (χ3n) is 6.66. The van der Waals surface area contributed by atoms with Crippen LogP contribution < -0.4 is 4.74 Å². The molecule has 1 aliphatic rings. The molecule has 0 spiro atoms. The lowest BCUT2D eigenvalue weighted by atomic mass is 9.93. The molecule has 0 N–H and O–H groups in total. The maximum absolute atomic E-state index is 14.6. The fourth-order valence-electron chi connectivity index (χ4n) is 4.92.